The van der Waals surface area contributed by atoms with E-state index in [2.05, 4.69) is 97.1 Å². The molecule has 0 fully saturated rings. The molecule has 3 aromatic rings. The van der Waals surface area contributed by atoms with E-state index >= 15 is 0 Å². The summed E-state index contributed by atoms with van der Waals surface area (Å²) >= 11 is 1.98. The van der Waals surface area contributed by atoms with E-state index in [9.17, 15) is 0 Å². The lowest BCUT2D eigenvalue weighted by molar-refractivity contribution is 0.684. The average molecular weight is 328 g/mol. The van der Waals surface area contributed by atoms with Crippen molar-refractivity contribution in [2.45, 2.75) is 11.8 Å². The maximum Gasteiger partial charge on any atom is 0.0111 e. The monoisotopic (exact) mass is 328 g/mol. The zero-order chi connectivity index (χ0) is 16.2. The Balaban J connectivity index is 1.76. The second kappa shape index (κ2) is 7.11. The van der Waals surface area contributed by atoms with Crippen molar-refractivity contribution in [2.75, 3.05) is 5.75 Å². The van der Waals surface area contributed by atoms with E-state index in [1.165, 1.54) is 21.6 Å². The standard InChI is InChI=1S/C23H20S/c1-4-10-18(11-5-1)21-16-23(20-14-8-3-9-15-20)24-17-22(21)19-12-6-2-7-13-19/h1-16,21-22H,17H2. The van der Waals surface area contributed by atoms with E-state index in [1.54, 1.807) is 0 Å². The van der Waals surface area contributed by atoms with E-state index in [4.69, 9.17) is 0 Å². The Morgan fingerprint density at radius 2 is 1.17 bits per heavy atom. The molecule has 118 valence electrons. The highest BCUT2D eigenvalue weighted by Gasteiger charge is 2.28. The zero-order valence-electron chi connectivity index (χ0n) is 13.5. The molecule has 0 aliphatic carbocycles. The molecule has 0 radical (unpaired) electrons. The maximum absolute atomic E-state index is 2.47. The first-order valence-corrected chi connectivity index (χ1v) is 9.40. The van der Waals surface area contributed by atoms with Crippen LogP contribution < -0.4 is 0 Å². The Morgan fingerprint density at radius 3 is 1.79 bits per heavy atom. The van der Waals surface area contributed by atoms with Gasteiger partial charge in [-0.3, -0.25) is 0 Å². The molecule has 0 N–H and O–H groups in total. The van der Waals surface area contributed by atoms with Crippen LogP contribution in [0.2, 0.25) is 0 Å². The summed E-state index contributed by atoms with van der Waals surface area (Å²) in [4.78, 5) is 1.40. The van der Waals surface area contributed by atoms with Crippen LogP contribution in [0.25, 0.3) is 4.91 Å². The Kier molecular flexibility index (Phi) is 4.53. The third-order valence-corrected chi connectivity index (χ3v) is 5.86. The third kappa shape index (κ3) is 3.18. The molecule has 2 atom stereocenters. The summed E-state index contributed by atoms with van der Waals surface area (Å²) in [6, 6.07) is 32.6. The van der Waals surface area contributed by atoms with Crippen LogP contribution >= 0.6 is 11.8 Å². The Hall–Kier alpha value is -2.25. The van der Waals surface area contributed by atoms with Crippen LogP contribution in [0.4, 0.5) is 0 Å². The van der Waals surface area contributed by atoms with E-state index in [0.717, 1.165) is 5.75 Å². The second-order valence-corrected chi connectivity index (χ2v) is 7.22. The van der Waals surface area contributed by atoms with Gasteiger partial charge in [0.15, 0.2) is 0 Å². The highest BCUT2D eigenvalue weighted by Crippen LogP contribution is 2.46. The van der Waals surface area contributed by atoms with Crippen LogP contribution in [0.1, 0.15) is 28.5 Å². The molecular weight excluding hydrogens is 308 g/mol. The maximum atomic E-state index is 2.47. The second-order valence-electron chi connectivity index (χ2n) is 6.16. The van der Waals surface area contributed by atoms with Gasteiger partial charge in [-0.15, -0.1) is 11.8 Å². The first-order valence-electron chi connectivity index (χ1n) is 8.42. The first-order chi connectivity index (χ1) is 11.9. The Bertz CT molecular complexity index is 806. The smallest absolute Gasteiger partial charge is 0.0111 e. The molecule has 1 aliphatic heterocycles. The Labute approximate surface area is 148 Å². The lowest BCUT2D eigenvalue weighted by Crippen LogP contribution is -2.16. The van der Waals surface area contributed by atoms with Gasteiger partial charge in [0.05, 0.1) is 0 Å². The molecule has 0 aromatic heterocycles. The van der Waals surface area contributed by atoms with Crippen LogP contribution in [0.15, 0.2) is 97.1 Å². The van der Waals surface area contributed by atoms with E-state index in [1.807, 2.05) is 11.8 Å². The molecule has 0 saturated carbocycles. The van der Waals surface area contributed by atoms with Gasteiger partial charge in [-0.1, -0.05) is 97.1 Å². The molecular formula is C23H20S. The van der Waals surface area contributed by atoms with E-state index in [0.29, 0.717) is 11.8 Å². The van der Waals surface area contributed by atoms with Crippen molar-refractivity contribution in [3.05, 3.63) is 114 Å². The normalized spacial score (nSPS) is 20.4. The summed E-state index contributed by atoms with van der Waals surface area (Å²) in [5.74, 6) is 2.06. The predicted molar refractivity (Wildman–Crippen MR) is 105 cm³/mol. The minimum absolute atomic E-state index is 0.421. The van der Waals surface area contributed by atoms with Gasteiger partial charge < -0.3 is 0 Å². The molecule has 2 unspecified atom stereocenters. The van der Waals surface area contributed by atoms with Gasteiger partial charge in [-0.2, -0.15) is 0 Å². The van der Waals surface area contributed by atoms with Gasteiger partial charge in [0.1, 0.15) is 0 Å². The number of benzene rings is 3. The summed E-state index contributed by atoms with van der Waals surface area (Å²) in [6.45, 7) is 0. The summed E-state index contributed by atoms with van der Waals surface area (Å²) in [5, 5.41) is 0. The van der Waals surface area contributed by atoms with Crippen LogP contribution in [0.3, 0.4) is 0 Å². The molecule has 4 rings (SSSR count). The molecule has 0 bridgehead atoms. The van der Waals surface area contributed by atoms with Gasteiger partial charge in [0, 0.05) is 22.5 Å². The fourth-order valence-corrected chi connectivity index (χ4v) is 4.70. The van der Waals surface area contributed by atoms with Crippen molar-refractivity contribution in [2.24, 2.45) is 0 Å². The van der Waals surface area contributed by atoms with Gasteiger partial charge in [-0.05, 0) is 16.7 Å². The average Bonchev–Trinajstić information content (AvgIpc) is 2.69. The molecule has 0 spiro atoms. The van der Waals surface area contributed by atoms with E-state index in [-0.39, 0.29) is 0 Å². The highest BCUT2D eigenvalue weighted by atomic mass is 32.2. The molecule has 1 heteroatoms. The molecule has 1 heterocycles. The largest absolute Gasteiger partial charge is 0.125 e. The first kappa shape index (κ1) is 15.3. The van der Waals surface area contributed by atoms with Crippen molar-refractivity contribution in [1.29, 1.82) is 0 Å². The fraction of sp³-hybridized carbons (Fsp3) is 0.130. The van der Waals surface area contributed by atoms with Gasteiger partial charge >= 0.3 is 0 Å². The quantitative estimate of drug-likeness (QED) is 0.540. The van der Waals surface area contributed by atoms with Crippen LogP contribution in [-0.4, -0.2) is 5.75 Å². The van der Waals surface area contributed by atoms with Crippen molar-refractivity contribution >= 4 is 16.7 Å². The summed E-state index contributed by atoms with van der Waals surface area (Å²) in [5.41, 5.74) is 4.16. The number of rotatable bonds is 3. The van der Waals surface area contributed by atoms with Crippen LogP contribution in [0.5, 0.6) is 0 Å². The molecule has 0 saturated heterocycles. The van der Waals surface area contributed by atoms with Crippen molar-refractivity contribution in [3.63, 3.8) is 0 Å². The summed E-state index contributed by atoms with van der Waals surface area (Å²) in [6.07, 6.45) is 2.47. The molecule has 24 heavy (non-hydrogen) atoms. The number of hydrogen-bond acceptors (Lipinski definition) is 1. The van der Waals surface area contributed by atoms with Crippen molar-refractivity contribution in [1.82, 2.24) is 0 Å². The lowest BCUT2D eigenvalue weighted by atomic mass is 9.81. The van der Waals surface area contributed by atoms with E-state index < -0.39 is 0 Å². The molecule has 0 nitrogen and oxygen atoms in total. The van der Waals surface area contributed by atoms with Crippen molar-refractivity contribution in [3.8, 4) is 0 Å². The summed E-state index contributed by atoms with van der Waals surface area (Å²) < 4.78 is 0. The SMILES string of the molecule is C1=C(c2ccccc2)SCC(c2ccccc2)C1c1ccccc1. The van der Waals surface area contributed by atoms with Crippen molar-refractivity contribution < 1.29 is 0 Å². The number of hydrogen-bond donors (Lipinski definition) is 0. The minimum atomic E-state index is 0.421. The summed E-state index contributed by atoms with van der Waals surface area (Å²) in [7, 11) is 0. The third-order valence-electron chi connectivity index (χ3n) is 4.65. The van der Waals surface area contributed by atoms with Gasteiger partial charge in [0.25, 0.3) is 0 Å². The molecule has 1 aliphatic rings. The lowest BCUT2D eigenvalue weighted by Gasteiger charge is -2.31. The van der Waals surface area contributed by atoms with Gasteiger partial charge in [-0.25, -0.2) is 0 Å². The fourth-order valence-electron chi connectivity index (χ4n) is 3.40. The van der Waals surface area contributed by atoms with Crippen LogP contribution in [-0.2, 0) is 0 Å². The highest BCUT2D eigenvalue weighted by molar-refractivity contribution is 8.08. The molecule has 3 aromatic carbocycles. The topological polar surface area (TPSA) is 0 Å². The number of thioether (sulfide) groups is 1. The minimum Gasteiger partial charge on any atom is -0.125 e. The predicted octanol–water partition coefficient (Wildman–Crippen LogP) is 6.34. The number of allylic oxidation sites excluding steroid dienone is 1. The van der Waals surface area contributed by atoms with Gasteiger partial charge in [0.2, 0.25) is 0 Å². The van der Waals surface area contributed by atoms with Crippen LogP contribution in [0, 0.1) is 0 Å². The Morgan fingerprint density at radius 1 is 0.625 bits per heavy atom. The zero-order valence-corrected chi connectivity index (χ0v) is 14.3. The molecule has 0 amide bonds.